The van der Waals surface area contributed by atoms with Gasteiger partial charge in [0, 0.05) is 10.1 Å². The first-order valence-electron chi connectivity index (χ1n) is 6.43. The second-order valence-corrected chi connectivity index (χ2v) is 7.06. The summed E-state index contributed by atoms with van der Waals surface area (Å²) in [5.74, 6) is 0. The Morgan fingerprint density at radius 2 is 2.06 bits per heavy atom. The maximum atomic E-state index is 12.6. The number of ether oxygens (including phenoxy) is 1. The Morgan fingerprint density at radius 3 is 2.78 bits per heavy atom. The van der Waals surface area contributed by atoms with E-state index in [0.29, 0.717) is 6.10 Å². The van der Waals surface area contributed by atoms with Gasteiger partial charge in [-0.1, -0.05) is 24.8 Å². The van der Waals surface area contributed by atoms with Crippen molar-refractivity contribution in [3.63, 3.8) is 0 Å². The molecule has 0 N–H and O–H groups in total. The summed E-state index contributed by atoms with van der Waals surface area (Å²) in [5.41, 5.74) is 0.981. The van der Waals surface area contributed by atoms with Crippen molar-refractivity contribution in [3.8, 4) is 0 Å². The maximum absolute atomic E-state index is 12.6. The molecule has 1 aromatic carbocycles. The molecule has 1 heterocycles. The summed E-state index contributed by atoms with van der Waals surface area (Å²) in [4.78, 5) is 0.928. The van der Waals surface area contributed by atoms with E-state index in [1.807, 2.05) is 30.3 Å². The van der Waals surface area contributed by atoms with Crippen molar-refractivity contribution >= 4 is 10.8 Å². The third kappa shape index (κ3) is 1.95. The molecule has 1 aromatic rings. The summed E-state index contributed by atoms with van der Waals surface area (Å²) in [7, 11) is -0.931. The first-order chi connectivity index (χ1) is 8.61. The maximum Gasteiger partial charge on any atom is 0.113 e. The van der Waals surface area contributed by atoms with Crippen LogP contribution in [0.15, 0.2) is 47.4 Å². The molecule has 1 saturated heterocycles. The zero-order valence-corrected chi connectivity index (χ0v) is 11.4. The lowest BCUT2D eigenvalue weighted by atomic mass is 9.97. The minimum Gasteiger partial charge on any atom is -0.362 e. The molecular formula is C15H18O2S. The van der Waals surface area contributed by atoms with Gasteiger partial charge in [-0.25, -0.2) is 0 Å². The predicted octanol–water partition coefficient (Wildman–Crippen LogP) is 3.06. The highest BCUT2D eigenvalue weighted by molar-refractivity contribution is 7.85. The lowest BCUT2D eigenvalue weighted by Crippen LogP contribution is -2.18. The average molecular weight is 262 g/mol. The van der Waals surface area contributed by atoms with Crippen LogP contribution in [0.25, 0.3) is 0 Å². The molecule has 2 fully saturated rings. The lowest BCUT2D eigenvalue weighted by Gasteiger charge is -2.17. The summed E-state index contributed by atoms with van der Waals surface area (Å²) >= 11 is 0. The summed E-state index contributed by atoms with van der Waals surface area (Å²) in [5, 5.41) is 0.188. The molecule has 4 atom stereocenters. The van der Waals surface area contributed by atoms with Gasteiger partial charge in [0.2, 0.25) is 0 Å². The van der Waals surface area contributed by atoms with Gasteiger partial charge in [-0.2, -0.15) is 0 Å². The molecule has 96 valence electrons. The predicted molar refractivity (Wildman–Crippen MR) is 72.9 cm³/mol. The van der Waals surface area contributed by atoms with Crippen LogP contribution in [0.2, 0.25) is 0 Å². The van der Waals surface area contributed by atoms with E-state index in [4.69, 9.17) is 4.74 Å². The zero-order chi connectivity index (χ0) is 12.8. The molecule has 2 nitrogen and oxygen atoms in total. The fourth-order valence-corrected chi connectivity index (χ4v) is 4.27. The molecule has 3 heteroatoms. The fourth-order valence-electron chi connectivity index (χ4n) is 2.75. The third-order valence-corrected chi connectivity index (χ3v) is 5.89. The van der Waals surface area contributed by atoms with E-state index in [-0.39, 0.29) is 10.9 Å². The van der Waals surface area contributed by atoms with Crippen molar-refractivity contribution in [1.29, 1.82) is 0 Å². The number of fused-ring (bicyclic) bond motifs is 1. The molecule has 0 aromatic heterocycles. The fraction of sp³-hybridized carbons (Fsp3) is 0.467. The zero-order valence-electron chi connectivity index (χ0n) is 10.6. The van der Waals surface area contributed by atoms with E-state index in [1.165, 1.54) is 0 Å². The minimum absolute atomic E-state index is 0.129. The van der Waals surface area contributed by atoms with Crippen LogP contribution in [0.4, 0.5) is 0 Å². The molecule has 1 aliphatic carbocycles. The average Bonchev–Trinajstić information content (AvgIpc) is 3.07. The molecule has 0 amide bonds. The second-order valence-electron chi connectivity index (χ2n) is 5.33. The van der Waals surface area contributed by atoms with Gasteiger partial charge < -0.3 is 4.74 Å². The van der Waals surface area contributed by atoms with Gasteiger partial charge in [-0.15, -0.1) is 0 Å². The first kappa shape index (κ1) is 12.1. The van der Waals surface area contributed by atoms with Crippen LogP contribution in [-0.2, 0) is 15.5 Å². The van der Waals surface area contributed by atoms with Crippen LogP contribution in [0.5, 0.6) is 0 Å². The van der Waals surface area contributed by atoms with Crippen LogP contribution >= 0.6 is 0 Å². The Hall–Kier alpha value is -0.930. The molecular weight excluding hydrogens is 244 g/mol. The van der Waals surface area contributed by atoms with Crippen LogP contribution < -0.4 is 0 Å². The molecule has 1 aliphatic heterocycles. The summed E-state index contributed by atoms with van der Waals surface area (Å²) in [6, 6.07) is 9.74. The monoisotopic (exact) mass is 262 g/mol. The smallest absolute Gasteiger partial charge is 0.113 e. The Labute approximate surface area is 111 Å². The van der Waals surface area contributed by atoms with Gasteiger partial charge in [0.1, 0.15) is 5.60 Å². The first-order valence-corrected chi connectivity index (χ1v) is 7.64. The summed E-state index contributed by atoms with van der Waals surface area (Å²) in [6.07, 6.45) is 3.08. The van der Waals surface area contributed by atoms with Gasteiger partial charge in [-0.05, 0) is 43.9 Å². The van der Waals surface area contributed by atoms with Crippen molar-refractivity contribution in [2.24, 2.45) is 0 Å². The highest BCUT2D eigenvalue weighted by Crippen LogP contribution is 2.49. The Bertz CT molecular complexity index is 496. The molecule has 0 bridgehead atoms. The highest BCUT2D eigenvalue weighted by atomic mass is 32.2. The third-order valence-electron chi connectivity index (χ3n) is 4.15. The molecule has 1 unspecified atom stereocenters. The second kappa shape index (κ2) is 4.32. The molecule has 0 spiro atoms. The van der Waals surface area contributed by atoms with E-state index >= 15 is 0 Å². The number of hydrogen-bond donors (Lipinski definition) is 0. The van der Waals surface area contributed by atoms with E-state index in [1.54, 1.807) is 0 Å². The summed E-state index contributed by atoms with van der Waals surface area (Å²) in [6.45, 7) is 6.24. The molecule has 1 saturated carbocycles. The lowest BCUT2D eigenvalue weighted by molar-refractivity contribution is 0.316. The van der Waals surface area contributed by atoms with Crippen LogP contribution in [0.1, 0.15) is 26.2 Å². The summed E-state index contributed by atoms with van der Waals surface area (Å²) < 4.78 is 18.2. The van der Waals surface area contributed by atoms with Crippen molar-refractivity contribution in [2.75, 3.05) is 0 Å². The van der Waals surface area contributed by atoms with Gasteiger partial charge in [0.25, 0.3) is 0 Å². The normalized spacial score (nSPS) is 36.6. The molecule has 18 heavy (non-hydrogen) atoms. The number of hydrogen-bond acceptors (Lipinski definition) is 2. The molecule has 2 aliphatic rings. The van der Waals surface area contributed by atoms with Crippen LogP contribution in [0, 0.1) is 0 Å². The van der Waals surface area contributed by atoms with E-state index in [0.717, 1.165) is 29.7 Å². The van der Waals surface area contributed by atoms with E-state index in [9.17, 15) is 4.21 Å². The van der Waals surface area contributed by atoms with Crippen LogP contribution in [-0.4, -0.2) is 21.2 Å². The Balaban J connectivity index is 1.78. The largest absolute Gasteiger partial charge is 0.362 e. The van der Waals surface area contributed by atoms with Gasteiger partial charge in [-0.3, -0.25) is 4.21 Å². The molecule has 3 rings (SSSR count). The van der Waals surface area contributed by atoms with Crippen molar-refractivity contribution in [1.82, 2.24) is 0 Å². The van der Waals surface area contributed by atoms with Crippen molar-refractivity contribution in [2.45, 2.75) is 48.0 Å². The van der Waals surface area contributed by atoms with Gasteiger partial charge >= 0.3 is 0 Å². The Morgan fingerprint density at radius 1 is 1.33 bits per heavy atom. The number of benzene rings is 1. The van der Waals surface area contributed by atoms with Crippen LogP contribution in [0.3, 0.4) is 0 Å². The standard InChI is InChI=1S/C15H18O2S/c1-11-10-13(8-9-14-15(11,2)17-14)18(16)12-6-4-3-5-7-12/h3-7,13-14H,1,8-10H2,2H3/t13-,14-,15+,18?/m0/s1. The van der Waals surface area contributed by atoms with E-state index in [2.05, 4.69) is 13.5 Å². The minimum atomic E-state index is -0.931. The number of rotatable bonds is 2. The van der Waals surface area contributed by atoms with Crippen molar-refractivity contribution in [3.05, 3.63) is 42.5 Å². The highest BCUT2D eigenvalue weighted by Gasteiger charge is 2.55. The quantitative estimate of drug-likeness (QED) is 0.605. The SMILES string of the molecule is C=C1C[C@@H](S(=O)c2ccccc2)CC[C@@H]2O[C@]12C. The van der Waals surface area contributed by atoms with Gasteiger partial charge in [0.05, 0.1) is 16.9 Å². The molecule has 0 radical (unpaired) electrons. The topological polar surface area (TPSA) is 29.6 Å². The van der Waals surface area contributed by atoms with Gasteiger partial charge in [0.15, 0.2) is 0 Å². The van der Waals surface area contributed by atoms with Crippen molar-refractivity contribution < 1.29 is 8.95 Å². The Kier molecular flexibility index (Phi) is 2.91. The number of epoxide rings is 1. The van der Waals surface area contributed by atoms with E-state index < -0.39 is 10.8 Å².